The van der Waals surface area contributed by atoms with Crippen molar-refractivity contribution in [1.82, 2.24) is 14.9 Å². The zero-order valence-corrected chi connectivity index (χ0v) is 14.3. The fourth-order valence-corrected chi connectivity index (χ4v) is 4.45. The van der Waals surface area contributed by atoms with E-state index < -0.39 is 0 Å². The maximum absolute atomic E-state index is 6.26. The van der Waals surface area contributed by atoms with Crippen molar-refractivity contribution in [3.63, 3.8) is 0 Å². The van der Waals surface area contributed by atoms with Crippen LogP contribution in [0.4, 0.5) is 5.82 Å². The molecule has 118 valence electrons. The van der Waals surface area contributed by atoms with Gasteiger partial charge in [-0.2, -0.15) is 0 Å². The van der Waals surface area contributed by atoms with Crippen molar-refractivity contribution in [2.75, 3.05) is 18.8 Å². The van der Waals surface area contributed by atoms with Crippen molar-refractivity contribution in [3.05, 3.63) is 28.4 Å². The number of hydrogen-bond donors (Lipinski definition) is 1. The number of nitrogens with zero attached hydrogens (tertiary/aromatic N) is 3. The standard InChI is InChI=1S/C17H24N4S/c1-4-21(9-11(2)3)10-14-19-16(18)15-12-7-5-6-8-13(12)22-17(15)20-14/h2,4-10H2,1,3H3,(H2,18,19,20). The number of hydrogen-bond acceptors (Lipinski definition) is 5. The molecule has 3 rings (SSSR count). The molecule has 0 saturated carbocycles. The first-order chi connectivity index (χ1) is 10.6. The van der Waals surface area contributed by atoms with E-state index in [1.807, 2.05) is 18.3 Å². The number of fused-ring (bicyclic) bond motifs is 3. The summed E-state index contributed by atoms with van der Waals surface area (Å²) in [6, 6.07) is 0. The molecule has 0 spiro atoms. The van der Waals surface area contributed by atoms with E-state index in [2.05, 4.69) is 23.4 Å². The molecular weight excluding hydrogens is 292 g/mol. The van der Waals surface area contributed by atoms with Gasteiger partial charge in [0.25, 0.3) is 0 Å². The van der Waals surface area contributed by atoms with E-state index in [9.17, 15) is 0 Å². The molecule has 1 aliphatic rings. The summed E-state index contributed by atoms with van der Waals surface area (Å²) in [5.74, 6) is 1.48. The molecule has 2 aromatic rings. The monoisotopic (exact) mass is 316 g/mol. The Balaban J connectivity index is 1.93. The zero-order chi connectivity index (χ0) is 15.7. The number of anilines is 1. The van der Waals surface area contributed by atoms with Crippen LogP contribution in [0.25, 0.3) is 10.2 Å². The van der Waals surface area contributed by atoms with Gasteiger partial charge in [-0.1, -0.05) is 19.1 Å². The molecule has 1 aliphatic carbocycles. The van der Waals surface area contributed by atoms with Gasteiger partial charge in [0.2, 0.25) is 0 Å². The predicted molar refractivity (Wildman–Crippen MR) is 94.2 cm³/mol. The molecule has 2 N–H and O–H groups in total. The fourth-order valence-electron chi connectivity index (χ4n) is 3.16. The van der Waals surface area contributed by atoms with Gasteiger partial charge < -0.3 is 5.73 Å². The summed E-state index contributed by atoms with van der Waals surface area (Å²) in [5, 5.41) is 1.12. The Morgan fingerprint density at radius 2 is 2.09 bits per heavy atom. The first-order valence-corrected chi connectivity index (χ1v) is 8.83. The second-order valence-electron chi connectivity index (χ2n) is 6.18. The van der Waals surface area contributed by atoms with Gasteiger partial charge in [-0.15, -0.1) is 11.3 Å². The highest BCUT2D eigenvalue weighted by atomic mass is 32.1. The van der Waals surface area contributed by atoms with E-state index in [0.29, 0.717) is 5.82 Å². The second kappa shape index (κ2) is 6.34. The Morgan fingerprint density at radius 1 is 1.32 bits per heavy atom. The zero-order valence-electron chi connectivity index (χ0n) is 13.5. The SMILES string of the molecule is C=C(C)CN(CC)Cc1nc(N)c2c3c(sc2n1)CCCC3. The number of rotatable bonds is 5. The van der Waals surface area contributed by atoms with E-state index in [0.717, 1.165) is 47.7 Å². The Hall–Kier alpha value is -1.46. The lowest BCUT2D eigenvalue weighted by Crippen LogP contribution is -2.25. The molecule has 0 saturated heterocycles. The van der Waals surface area contributed by atoms with Crippen molar-refractivity contribution in [1.29, 1.82) is 0 Å². The second-order valence-corrected chi connectivity index (χ2v) is 7.26. The van der Waals surface area contributed by atoms with E-state index in [4.69, 9.17) is 10.7 Å². The number of aromatic nitrogens is 2. The molecule has 0 fully saturated rings. The Kier molecular flexibility index (Phi) is 4.45. The van der Waals surface area contributed by atoms with Gasteiger partial charge >= 0.3 is 0 Å². The van der Waals surface area contributed by atoms with Crippen LogP contribution in [-0.4, -0.2) is 28.0 Å². The number of thiophene rings is 1. The normalized spacial score (nSPS) is 14.5. The highest BCUT2D eigenvalue weighted by Crippen LogP contribution is 2.37. The van der Waals surface area contributed by atoms with Crippen molar-refractivity contribution in [3.8, 4) is 0 Å². The minimum atomic E-state index is 0.658. The lowest BCUT2D eigenvalue weighted by molar-refractivity contribution is 0.297. The van der Waals surface area contributed by atoms with Gasteiger partial charge in [0.15, 0.2) is 0 Å². The summed E-state index contributed by atoms with van der Waals surface area (Å²) < 4.78 is 0. The molecule has 5 heteroatoms. The summed E-state index contributed by atoms with van der Waals surface area (Å²) in [4.78, 5) is 14.2. The van der Waals surface area contributed by atoms with Crippen LogP contribution < -0.4 is 5.73 Å². The summed E-state index contributed by atoms with van der Waals surface area (Å²) >= 11 is 1.81. The topological polar surface area (TPSA) is 55.0 Å². The number of nitrogens with two attached hydrogens (primary N) is 1. The molecule has 0 unspecified atom stereocenters. The largest absolute Gasteiger partial charge is 0.383 e. The van der Waals surface area contributed by atoms with Crippen LogP contribution >= 0.6 is 11.3 Å². The van der Waals surface area contributed by atoms with Gasteiger partial charge in [-0.3, -0.25) is 4.90 Å². The number of nitrogen functional groups attached to an aromatic ring is 1. The lowest BCUT2D eigenvalue weighted by atomic mass is 9.97. The Morgan fingerprint density at radius 3 is 2.82 bits per heavy atom. The lowest BCUT2D eigenvalue weighted by Gasteiger charge is -2.19. The summed E-state index contributed by atoms with van der Waals surface area (Å²) in [6.07, 6.45) is 4.82. The van der Waals surface area contributed by atoms with E-state index in [1.54, 1.807) is 0 Å². The summed E-state index contributed by atoms with van der Waals surface area (Å²) in [6.45, 7) is 10.7. The third kappa shape index (κ3) is 3.01. The quantitative estimate of drug-likeness (QED) is 0.857. The van der Waals surface area contributed by atoms with Crippen LogP contribution in [0.3, 0.4) is 0 Å². The van der Waals surface area contributed by atoms with Crippen molar-refractivity contribution >= 4 is 27.4 Å². The van der Waals surface area contributed by atoms with Crippen molar-refractivity contribution in [2.45, 2.75) is 46.1 Å². The van der Waals surface area contributed by atoms with Gasteiger partial charge in [-0.25, -0.2) is 9.97 Å². The number of aryl methyl sites for hydroxylation is 2. The highest BCUT2D eigenvalue weighted by Gasteiger charge is 2.20. The number of likely N-dealkylation sites (N-methyl/N-ethyl adjacent to an activating group) is 1. The molecule has 0 radical (unpaired) electrons. The average molecular weight is 316 g/mol. The first kappa shape index (κ1) is 15.4. The third-order valence-electron chi connectivity index (χ3n) is 4.19. The van der Waals surface area contributed by atoms with Crippen molar-refractivity contribution < 1.29 is 0 Å². The molecule has 22 heavy (non-hydrogen) atoms. The molecular formula is C17H24N4S. The smallest absolute Gasteiger partial charge is 0.146 e. The van der Waals surface area contributed by atoms with Crippen LogP contribution in [0.2, 0.25) is 0 Å². The van der Waals surface area contributed by atoms with Gasteiger partial charge in [0.1, 0.15) is 16.5 Å². The third-order valence-corrected chi connectivity index (χ3v) is 5.38. The van der Waals surface area contributed by atoms with Crippen LogP contribution in [-0.2, 0) is 19.4 Å². The molecule has 4 nitrogen and oxygen atoms in total. The van der Waals surface area contributed by atoms with E-state index >= 15 is 0 Å². The minimum absolute atomic E-state index is 0.658. The maximum atomic E-state index is 6.26. The van der Waals surface area contributed by atoms with Crippen LogP contribution in [0, 0.1) is 0 Å². The molecule has 0 bridgehead atoms. The molecule has 0 aromatic carbocycles. The molecule has 0 aliphatic heterocycles. The van der Waals surface area contributed by atoms with Gasteiger partial charge in [0.05, 0.1) is 11.9 Å². The Bertz CT molecular complexity index is 704. The Labute approximate surface area is 136 Å². The highest BCUT2D eigenvalue weighted by molar-refractivity contribution is 7.19. The molecule has 2 aromatic heterocycles. The average Bonchev–Trinajstić information content (AvgIpc) is 2.84. The fraction of sp³-hybridized carbons (Fsp3) is 0.529. The summed E-state index contributed by atoms with van der Waals surface area (Å²) in [5.41, 5.74) is 8.83. The van der Waals surface area contributed by atoms with Crippen LogP contribution in [0.1, 0.15) is 43.0 Å². The minimum Gasteiger partial charge on any atom is -0.383 e. The van der Waals surface area contributed by atoms with E-state index in [1.165, 1.54) is 29.7 Å². The first-order valence-electron chi connectivity index (χ1n) is 8.01. The van der Waals surface area contributed by atoms with Crippen molar-refractivity contribution in [2.24, 2.45) is 0 Å². The van der Waals surface area contributed by atoms with Gasteiger partial charge in [0, 0.05) is 11.4 Å². The van der Waals surface area contributed by atoms with E-state index in [-0.39, 0.29) is 0 Å². The molecule has 2 heterocycles. The van der Waals surface area contributed by atoms with Crippen LogP contribution in [0.5, 0.6) is 0 Å². The summed E-state index contributed by atoms with van der Waals surface area (Å²) in [7, 11) is 0. The maximum Gasteiger partial charge on any atom is 0.146 e. The van der Waals surface area contributed by atoms with Gasteiger partial charge in [-0.05, 0) is 44.7 Å². The molecule has 0 amide bonds. The van der Waals surface area contributed by atoms with Crippen LogP contribution in [0.15, 0.2) is 12.2 Å². The molecule has 0 atom stereocenters. The predicted octanol–water partition coefficient (Wildman–Crippen LogP) is 3.55.